The van der Waals surface area contributed by atoms with Crippen molar-refractivity contribution in [3.8, 4) is 0 Å². The number of nitrogens with one attached hydrogen (secondary N) is 2. The monoisotopic (exact) mass is 374 g/mol. The summed E-state index contributed by atoms with van der Waals surface area (Å²) in [5.74, 6) is 0.00177. The van der Waals surface area contributed by atoms with Crippen molar-refractivity contribution >= 4 is 33.2 Å². The van der Waals surface area contributed by atoms with Gasteiger partial charge in [0.1, 0.15) is 0 Å². The second-order valence-electron chi connectivity index (χ2n) is 6.56. The molecule has 122 valence electrons. The molecule has 0 spiro atoms. The molecule has 0 bridgehead atoms. The van der Waals surface area contributed by atoms with Crippen molar-refractivity contribution in [1.29, 1.82) is 0 Å². The van der Waals surface area contributed by atoms with Crippen LogP contribution in [0.5, 0.6) is 0 Å². The molecule has 4 heteroatoms. The van der Waals surface area contributed by atoms with Gasteiger partial charge in [0.05, 0.1) is 0 Å². The number of benzene rings is 2. The van der Waals surface area contributed by atoms with E-state index in [2.05, 4.69) is 71.6 Å². The van der Waals surface area contributed by atoms with E-state index in [1.165, 1.54) is 5.56 Å². The molecule has 0 aliphatic heterocycles. The molecule has 2 aromatic carbocycles. The van der Waals surface area contributed by atoms with Gasteiger partial charge in [0.25, 0.3) is 0 Å². The highest BCUT2D eigenvalue weighted by molar-refractivity contribution is 9.10. The molecule has 23 heavy (non-hydrogen) atoms. The Morgan fingerprint density at radius 1 is 1.04 bits per heavy atom. The van der Waals surface area contributed by atoms with E-state index < -0.39 is 0 Å². The lowest BCUT2D eigenvalue weighted by atomic mass is 9.87. The van der Waals surface area contributed by atoms with Crippen LogP contribution in [0.15, 0.2) is 53.0 Å². The summed E-state index contributed by atoms with van der Waals surface area (Å²) in [6, 6.07) is 16.0. The molecular weight excluding hydrogens is 352 g/mol. The first-order chi connectivity index (χ1) is 10.8. The number of rotatable bonds is 5. The van der Waals surface area contributed by atoms with Gasteiger partial charge in [-0.25, -0.2) is 0 Å². The predicted octanol–water partition coefficient (Wildman–Crippen LogP) is 5.19. The van der Waals surface area contributed by atoms with Gasteiger partial charge in [0.2, 0.25) is 5.91 Å². The highest BCUT2D eigenvalue weighted by atomic mass is 79.9. The average Bonchev–Trinajstić information content (AvgIpc) is 2.47. The molecule has 0 aliphatic carbocycles. The maximum Gasteiger partial charge on any atom is 0.226 e. The molecule has 0 aromatic heterocycles. The van der Waals surface area contributed by atoms with E-state index in [-0.39, 0.29) is 11.3 Å². The number of hydrogen-bond acceptors (Lipinski definition) is 2. The van der Waals surface area contributed by atoms with Crippen LogP contribution in [0.4, 0.5) is 11.4 Å². The van der Waals surface area contributed by atoms with E-state index in [1.54, 1.807) is 0 Å². The Morgan fingerprint density at radius 2 is 1.74 bits per heavy atom. The molecule has 0 unspecified atom stereocenters. The summed E-state index contributed by atoms with van der Waals surface area (Å²) in [5.41, 5.74) is 3.30. The van der Waals surface area contributed by atoms with Crippen LogP contribution in [0.25, 0.3) is 0 Å². The van der Waals surface area contributed by atoms with Crippen LogP contribution in [0.3, 0.4) is 0 Å². The van der Waals surface area contributed by atoms with Crippen molar-refractivity contribution in [2.75, 3.05) is 17.2 Å². The Labute approximate surface area is 146 Å². The van der Waals surface area contributed by atoms with E-state index in [9.17, 15) is 4.79 Å². The minimum atomic E-state index is 0.00177. The molecule has 2 aromatic rings. The van der Waals surface area contributed by atoms with Crippen LogP contribution in [0.1, 0.15) is 32.8 Å². The van der Waals surface area contributed by atoms with E-state index in [1.807, 2.05) is 24.3 Å². The fraction of sp³-hybridized carbons (Fsp3) is 0.316. The maximum absolute atomic E-state index is 11.9. The van der Waals surface area contributed by atoms with Gasteiger partial charge in [-0.1, -0.05) is 54.9 Å². The summed E-state index contributed by atoms with van der Waals surface area (Å²) in [4.78, 5) is 11.9. The van der Waals surface area contributed by atoms with E-state index in [4.69, 9.17) is 0 Å². The molecule has 0 aliphatic rings. The van der Waals surface area contributed by atoms with Gasteiger partial charge >= 0.3 is 0 Å². The minimum Gasteiger partial charge on any atom is -0.385 e. The maximum atomic E-state index is 11.9. The Kier molecular flexibility index (Phi) is 5.83. The summed E-state index contributed by atoms with van der Waals surface area (Å²) >= 11 is 3.39. The van der Waals surface area contributed by atoms with Crippen molar-refractivity contribution in [3.63, 3.8) is 0 Å². The zero-order valence-electron chi connectivity index (χ0n) is 13.8. The normalized spacial score (nSPS) is 11.1. The Bertz CT molecular complexity index is 660. The van der Waals surface area contributed by atoms with Gasteiger partial charge in [0.15, 0.2) is 0 Å². The van der Waals surface area contributed by atoms with Crippen molar-refractivity contribution < 1.29 is 4.79 Å². The van der Waals surface area contributed by atoms with E-state index in [0.717, 1.165) is 15.8 Å². The van der Waals surface area contributed by atoms with Crippen molar-refractivity contribution in [1.82, 2.24) is 0 Å². The van der Waals surface area contributed by atoms with Crippen LogP contribution in [0, 0.1) is 0 Å². The second-order valence-corrected chi connectivity index (χ2v) is 7.48. The number of halogens is 1. The largest absolute Gasteiger partial charge is 0.385 e. The molecule has 2 rings (SSSR count). The molecule has 0 saturated carbocycles. The molecule has 2 N–H and O–H groups in total. The van der Waals surface area contributed by atoms with E-state index in [0.29, 0.717) is 13.0 Å². The highest BCUT2D eigenvalue weighted by Gasteiger charge is 2.12. The van der Waals surface area contributed by atoms with Gasteiger partial charge in [-0.2, -0.15) is 0 Å². The number of carbonyl (C=O) groups is 1. The zero-order chi connectivity index (χ0) is 16.9. The molecule has 0 heterocycles. The van der Waals surface area contributed by atoms with Crippen LogP contribution in [-0.4, -0.2) is 12.5 Å². The lowest BCUT2D eigenvalue weighted by Crippen LogP contribution is -2.16. The van der Waals surface area contributed by atoms with Gasteiger partial charge < -0.3 is 10.6 Å². The van der Waals surface area contributed by atoms with Crippen LogP contribution in [-0.2, 0) is 10.2 Å². The van der Waals surface area contributed by atoms with Gasteiger partial charge in [0, 0.05) is 28.8 Å². The van der Waals surface area contributed by atoms with Gasteiger partial charge in [-0.15, -0.1) is 0 Å². The topological polar surface area (TPSA) is 41.1 Å². The smallest absolute Gasteiger partial charge is 0.226 e. The quantitative estimate of drug-likeness (QED) is 0.755. The fourth-order valence-electron chi connectivity index (χ4n) is 2.20. The Morgan fingerprint density at radius 3 is 2.35 bits per heavy atom. The first-order valence-electron chi connectivity index (χ1n) is 7.74. The summed E-state index contributed by atoms with van der Waals surface area (Å²) in [5, 5.41) is 6.17. The number of hydrogen-bond donors (Lipinski definition) is 2. The number of carbonyl (C=O) groups excluding carboxylic acids is 1. The van der Waals surface area contributed by atoms with Crippen LogP contribution >= 0.6 is 15.9 Å². The van der Waals surface area contributed by atoms with Gasteiger partial charge in [-0.05, 0) is 41.3 Å². The van der Waals surface area contributed by atoms with E-state index >= 15 is 0 Å². The summed E-state index contributed by atoms with van der Waals surface area (Å²) < 4.78 is 0.951. The third-order valence-corrected chi connectivity index (χ3v) is 4.03. The first kappa shape index (κ1) is 17.5. The molecule has 0 atom stereocenters. The SMILES string of the molecule is CC(C)(C)c1ccc(NCCC(=O)Nc2cccc(Br)c2)cc1. The standard InChI is InChI=1S/C19H23BrN2O/c1-19(2,3)14-7-9-16(10-8-14)21-12-11-18(23)22-17-6-4-5-15(20)13-17/h4-10,13,21H,11-12H2,1-3H3,(H,22,23). The molecule has 0 saturated heterocycles. The van der Waals surface area contributed by atoms with Crippen molar-refractivity contribution in [3.05, 3.63) is 58.6 Å². The summed E-state index contributed by atoms with van der Waals surface area (Å²) in [6.45, 7) is 7.19. The highest BCUT2D eigenvalue weighted by Crippen LogP contribution is 2.23. The molecule has 0 radical (unpaired) electrons. The van der Waals surface area contributed by atoms with Crippen molar-refractivity contribution in [2.45, 2.75) is 32.6 Å². The van der Waals surface area contributed by atoms with Crippen LogP contribution in [0.2, 0.25) is 0 Å². The summed E-state index contributed by atoms with van der Waals surface area (Å²) in [6.07, 6.45) is 0.424. The number of amides is 1. The molecular formula is C19H23BrN2O. The second kappa shape index (κ2) is 7.64. The summed E-state index contributed by atoms with van der Waals surface area (Å²) in [7, 11) is 0. The third-order valence-electron chi connectivity index (χ3n) is 3.54. The van der Waals surface area contributed by atoms with Crippen LogP contribution < -0.4 is 10.6 Å². The first-order valence-corrected chi connectivity index (χ1v) is 8.54. The molecule has 3 nitrogen and oxygen atoms in total. The lowest BCUT2D eigenvalue weighted by Gasteiger charge is -2.19. The lowest BCUT2D eigenvalue weighted by molar-refractivity contribution is -0.115. The Balaban J connectivity index is 1.79. The average molecular weight is 375 g/mol. The zero-order valence-corrected chi connectivity index (χ0v) is 15.4. The molecule has 0 fully saturated rings. The number of anilines is 2. The fourth-order valence-corrected chi connectivity index (χ4v) is 2.60. The molecule has 1 amide bonds. The minimum absolute atomic E-state index is 0.00177. The Hall–Kier alpha value is -1.81. The van der Waals surface area contributed by atoms with Crippen molar-refractivity contribution in [2.24, 2.45) is 0 Å². The predicted molar refractivity (Wildman–Crippen MR) is 101 cm³/mol. The van der Waals surface area contributed by atoms with Gasteiger partial charge in [-0.3, -0.25) is 4.79 Å². The third kappa shape index (κ3) is 5.71.